The Morgan fingerprint density at radius 1 is 1.26 bits per heavy atom. The molecular weight excluding hydrogens is 344 g/mol. The molecule has 1 fully saturated rings. The Morgan fingerprint density at radius 2 is 2.04 bits per heavy atom. The average Bonchev–Trinajstić information content (AvgIpc) is 3.41. The predicted molar refractivity (Wildman–Crippen MR) is 98.0 cm³/mol. The van der Waals surface area contributed by atoms with Crippen molar-refractivity contribution in [1.82, 2.24) is 14.5 Å². The largest absolute Gasteiger partial charge is 0.333 e. The van der Waals surface area contributed by atoms with E-state index < -0.39 is 11.2 Å². The van der Waals surface area contributed by atoms with Crippen molar-refractivity contribution in [2.24, 2.45) is 0 Å². The summed E-state index contributed by atoms with van der Waals surface area (Å²) in [6.45, 7) is 0.140. The van der Waals surface area contributed by atoms with Crippen LogP contribution >= 0.6 is 0 Å². The van der Waals surface area contributed by atoms with Gasteiger partial charge in [-0.25, -0.2) is 4.79 Å². The van der Waals surface area contributed by atoms with Crippen molar-refractivity contribution in [2.75, 3.05) is 0 Å². The number of carbonyl (C=O) groups excluding carboxylic acids is 1. The standard InChI is InChI=1S/C20H20N4O3/c21-11-14-12-23(20(27)22-19(14)26)10-9-18(25)24(15-6-7-15)17-8-5-13-3-1-2-4-16(13)17/h1-4,12,15,17H,5-10H2,(H,22,26,27). The van der Waals surface area contributed by atoms with Crippen LogP contribution in [-0.4, -0.2) is 26.4 Å². The van der Waals surface area contributed by atoms with Gasteiger partial charge in [0.1, 0.15) is 11.6 Å². The molecule has 0 aliphatic heterocycles. The molecule has 1 heterocycles. The lowest BCUT2D eigenvalue weighted by Crippen LogP contribution is -2.38. The van der Waals surface area contributed by atoms with Crippen LogP contribution in [0.4, 0.5) is 0 Å². The molecule has 7 heteroatoms. The van der Waals surface area contributed by atoms with Gasteiger partial charge in [0.2, 0.25) is 5.91 Å². The second-order valence-electron chi connectivity index (χ2n) is 7.14. The number of carbonyl (C=O) groups is 1. The first-order valence-corrected chi connectivity index (χ1v) is 9.21. The van der Waals surface area contributed by atoms with Gasteiger partial charge in [0.15, 0.2) is 0 Å². The molecule has 1 amide bonds. The number of benzene rings is 1. The van der Waals surface area contributed by atoms with Crippen molar-refractivity contribution in [3.63, 3.8) is 0 Å². The smallest absolute Gasteiger partial charge is 0.328 e. The van der Waals surface area contributed by atoms with Gasteiger partial charge in [-0.3, -0.25) is 19.1 Å². The Morgan fingerprint density at radius 3 is 2.78 bits per heavy atom. The first-order chi connectivity index (χ1) is 13.1. The summed E-state index contributed by atoms with van der Waals surface area (Å²) in [6.07, 6.45) is 5.32. The lowest BCUT2D eigenvalue weighted by molar-refractivity contribution is -0.134. The summed E-state index contributed by atoms with van der Waals surface area (Å²) in [4.78, 5) is 40.5. The number of aromatic nitrogens is 2. The zero-order valence-electron chi connectivity index (χ0n) is 14.9. The first-order valence-electron chi connectivity index (χ1n) is 9.21. The van der Waals surface area contributed by atoms with E-state index >= 15 is 0 Å². The third-order valence-corrected chi connectivity index (χ3v) is 5.36. The lowest BCUT2D eigenvalue weighted by atomic mass is 10.1. The highest BCUT2D eigenvalue weighted by Crippen LogP contribution is 2.42. The third-order valence-electron chi connectivity index (χ3n) is 5.36. The molecule has 7 nitrogen and oxygen atoms in total. The minimum Gasteiger partial charge on any atom is -0.333 e. The quantitative estimate of drug-likeness (QED) is 0.868. The average molecular weight is 364 g/mol. The van der Waals surface area contributed by atoms with Gasteiger partial charge in [-0.2, -0.15) is 5.26 Å². The lowest BCUT2D eigenvalue weighted by Gasteiger charge is -2.30. The summed E-state index contributed by atoms with van der Waals surface area (Å²) < 4.78 is 1.23. The number of amides is 1. The van der Waals surface area contributed by atoms with Crippen molar-refractivity contribution in [2.45, 2.75) is 50.7 Å². The van der Waals surface area contributed by atoms with Crippen LogP contribution in [-0.2, 0) is 17.8 Å². The predicted octanol–water partition coefficient (Wildman–Crippen LogP) is 1.48. The molecule has 0 saturated heterocycles. The highest BCUT2D eigenvalue weighted by Gasteiger charge is 2.39. The second kappa shape index (κ2) is 6.88. The molecule has 2 aromatic rings. The molecule has 0 spiro atoms. The van der Waals surface area contributed by atoms with Crippen LogP contribution in [0.3, 0.4) is 0 Å². The van der Waals surface area contributed by atoms with E-state index in [1.807, 2.05) is 17.0 Å². The highest BCUT2D eigenvalue weighted by molar-refractivity contribution is 5.77. The van der Waals surface area contributed by atoms with Crippen LogP contribution in [0.1, 0.15) is 48.4 Å². The Hall–Kier alpha value is -3.14. The minimum absolute atomic E-state index is 0.0100. The summed E-state index contributed by atoms with van der Waals surface area (Å²) in [6, 6.07) is 10.4. The number of hydrogen-bond acceptors (Lipinski definition) is 4. The maximum atomic E-state index is 13.0. The molecular formula is C20H20N4O3. The topological polar surface area (TPSA) is 99.0 Å². The van der Waals surface area contributed by atoms with E-state index in [2.05, 4.69) is 17.1 Å². The van der Waals surface area contributed by atoms with Crippen molar-refractivity contribution in [3.8, 4) is 6.07 Å². The molecule has 0 radical (unpaired) electrons. The van der Waals surface area contributed by atoms with Crippen LogP contribution in [0, 0.1) is 11.3 Å². The summed E-state index contributed by atoms with van der Waals surface area (Å²) in [5, 5.41) is 8.96. The second-order valence-corrected chi connectivity index (χ2v) is 7.14. The number of nitrogens with one attached hydrogen (secondary N) is 1. The van der Waals surface area contributed by atoms with E-state index in [-0.39, 0.29) is 36.5 Å². The zero-order valence-corrected chi connectivity index (χ0v) is 14.9. The van der Waals surface area contributed by atoms with Gasteiger partial charge in [-0.1, -0.05) is 24.3 Å². The molecule has 2 aliphatic rings. The number of aromatic amines is 1. The van der Waals surface area contributed by atoms with Crippen LogP contribution in [0.15, 0.2) is 40.1 Å². The Balaban J connectivity index is 1.53. The van der Waals surface area contributed by atoms with Gasteiger partial charge >= 0.3 is 5.69 Å². The number of hydrogen-bond donors (Lipinski definition) is 1. The molecule has 1 aromatic carbocycles. The molecule has 1 saturated carbocycles. The first kappa shape index (κ1) is 17.3. The van der Waals surface area contributed by atoms with E-state index in [0.29, 0.717) is 0 Å². The van der Waals surface area contributed by atoms with E-state index in [1.54, 1.807) is 6.07 Å². The molecule has 4 rings (SSSR count). The van der Waals surface area contributed by atoms with E-state index in [9.17, 15) is 14.4 Å². The molecule has 27 heavy (non-hydrogen) atoms. The molecule has 1 aromatic heterocycles. The molecule has 1 unspecified atom stereocenters. The molecule has 1 atom stereocenters. The fourth-order valence-electron chi connectivity index (χ4n) is 3.91. The number of aryl methyl sites for hydroxylation is 2. The van der Waals surface area contributed by atoms with Crippen LogP contribution < -0.4 is 11.2 Å². The summed E-state index contributed by atoms with van der Waals surface area (Å²) >= 11 is 0. The summed E-state index contributed by atoms with van der Waals surface area (Å²) in [5.41, 5.74) is 1.09. The fourth-order valence-corrected chi connectivity index (χ4v) is 3.91. The molecule has 0 bridgehead atoms. The number of H-pyrrole nitrogens is 1. The van der Waals surface area contributed by atoms with E-state index in [0.717, 1.165) is 25.7 Å². The van der Waals surface area contributed by atoms with Crippen LogP contribution in [0.2, 0.25) is 0 Å². The SMILES string of the molecule is N#Cc1cn(CCC(=O)N(C2CC2)C2CCc3ccccc32)c(=O)[nH]c1=O. The van der Waals surface area contributed by atoms with Gasteiger partial charge in [0.25, 0.3) is 5.56 Å². The molecule has 138 valence electrons. The highest BCUT2D eigenvalue weighted by atomic mass is 16.2. The maximum absolute atomic E-state index is 13.0. The number of fused-ring (bicyclic) bond motifs is 1. The number of rotatable bonds is 5. The molecule has 2 aliphatic carbocycles. The summed E-state index contributed by atoms with van der Waals surface area (Å²) in [7, 11) is 0. The Labute approximate surface area is 155 Å². The Bertz CT molecular complexity index is 1040. The van der Waals surface area contributed by atoms with Gasteiger partial charge < -0.3 is 4.90 Å². The normalized spacial score (nSPS) is 18.0. The Kier molecular flexibility index (Phi) is 4.40. The van der Waals surface area contributed by atoms with Gasteiger partial charge in [-0.05, 0) is 36.8 Å². The van der Waals surface area contributed by atoms with Crippen molar-refractivity contribution < 1.29 is 4.79 Å². The van der Waals surface area contributed by atoms with Crippen LogP contribution in [0.25, 0.3) is 0 Å². The van der Waals surface area contributed by atoms with Crippen molar-refractivity contribution in [1.29, 1.82) is 5.26 Å². The van der Waals surface area contributed by atoms with Crippen LogP contribution in [0.5, 0.6) is 0 Å². The minimum atomic E-state index is -0.702. The number of nitrogens with zero attached hydrogens (tertiary/aromatic N) is 3. The van der Waals surface area contributed by atoms with Gasteiger partial charge in [-0.15, -0.1) is 0 Å². The van der Waals surface area contributed by atoms with Crippen molar-refractivity contribution in [3.05, 3.63) is 68.0 Å². The van der Waals surface area contributed by atoms with Gasteiger partial charge in [0, 0.05) is 25.2 Å². The van der Waals surface area contributed by atoms with E-state index in [1.165, 1.54) is 21.9 Å². The third kappa shape index (κ3) is 3.31. The van der Waals surface area contributed by atoms with Gasteiger partial charge in [0.05, 0.1) is 6.04 Å². The van der Waals surface area contributed by atoms with Crippen molar-refractivity contribution >= 4 is 5.91 Å². The molecule has 1 N–H and O–H groups in total. The zero-order chi connectivity index (χ0) is 19.0. The monoisotopic (exact) mass is 364 g/mol. The maximum Gasteiger partial charge on any atom is 0.328 e. The fraction of sp³-hybridized carbons (Fsp3) is 0.400. The number of nitriles is 1. The summed E-state index contributed by atoms with van der Waals surface area (Å²) in [5.74, 6) is 0.0100. The van der Waals surface area contributed by atoms with E-state index in [4.69, 9.17) is 5.26 Å².